The fourth-order valence-electron chi connectivity index (χ4n) is 4.00. The summed E-state index contributed by atoms with van der Waals surface area (Å²) in [5.74, 6) is 1.38. The highest BCUT2D eigenvalue weighted by atomic mass is 32.2. The Balaban J connectivity index is 1.56. The molecule has 0 spiro atoms. The molecule has 2 fully saturated rings. The normalized spacial score (nSPS) is 24.1. The van der Waals surface area contributed by atoms with Gasteiger partial charge in [-0.05, 0) is 68.3 Å². The molecule has 0 unspecified atom stereocenters. The van der Waals surface area contributed by atoms with Crippen LogP contribution in [0.5, 0.6) is 0 Å². The molecule has 0 N–H and O–H groups in total. The standard InChI is InChI=1S/C19H27N3O2S/c1-16-3-2-10-21(14-16)15-18-8-11-22(12-9-18)25(23,24)19-6-4-17(13-20)5-7-19/h4-7,16,18H,2-3,8-12,14-15H2,1H3/t16-/m1/s1. The quantitative estimate of drug-likeness (QED) is 0.827. The zero-order valence-electron chi connectivity index (χ0n) is 14.9. The summed E-state index contributed by atoms with van der Waals surface area (Å²) in [6.45, 7) is 6.98. The first-order valence-electron chi connectivity index (χ1n) is 9.21. The molecule has 6 heteroatoms. The van der Waals surface area contributed by atoms with Crippen LogP contribution in [-0.4, -0.2) is 50.3 Å². The number of sulfonamides is 1. The molecule has 1 aromatic carbocycles. The van der Waals surface area contributed by atoms with Crippen LogP contribution >= 0.6 is 0 Å². The summed E-state index contributed by atoms with van der Waals surface area (Å²) in [7, 11) is -3.44. The Hall–Kier alpha value is -1.42. The smallest absolute Gasteiger partial charge is 0.243 e. The molecule has 2 aliphatic heterocycles. The predicted octanol–water partition coefficient (Wildman–Crippen LogP) is 2.69. The molecule has 1 aromatic rings. The lowest BCUT2D eigenvalue weighted by Crippen LogP contribution is -2.43. The Morgan fingerprint density at radius 1 is 1.12 bits per heavy atom. The first-order chi connectivity index (χ1) is 12.0. The van der Waals surface area contributed by atoms with Gasteiger partial charge < -0.3 is 4.90 Å². The number of rotatable bonds is 4. The fourth-order valence-corrected chi connectivity index (χ4v) is 5.47. The molecule has 0 aromatic heterocycles. The fraction of sp³-hybridized carbons (Fsp3) is 0.632. The van der Waals surface area contributed by atoms with Crippen molar-refractivity contribution in [2.24, 2.45) is 11.8 Å². The van der Waals surface area contributed by atoms with E-state index in [1.54, 1.807) is 16.4 Å². The highest BCUT2D eigenvalue weighted by Gasteiger charge is 2.30. The van der Waals surface area contributed by atoms with Crippen LogP contribution < -0.4 is 0 Å². The van der Waals surface area contributed by atoms with E-state index >= 15 is 0 Å². The Bertz CT molecular complexity index is 716. The number of likely N-dealkylation sites (tertiary alicyclic amines) is 1. The van der Waals surface area contributed by atoms with E-state index in [0.717, 1.165) is 25.3 Å². The molecule has 0 aliphatic carbocycles. The summed E-state index contributed by atoms with van der Waals surface area (Å²) < 4.78 is 27.1. The van der Waals surface area contributed by atoms with Crippen LogP contribution in [0.25, 0.3) is 0 Å². The van der Waals surface area contributed by atoms with Gasteiger partial charge in [0.15, 0.2) is 0 Å². The second-order valence-electron chi connectivity index (χ2n) is 7.49. The maximum atomic E-state index is 12.8. The minimum absolute atomic E-state index is 0.287. The van der Waals surface area contributed by atoms with Crippen molar-refractivity contribution in [1.82, 2.24) is 9.21 Å². The SMILES string of the molecule is C[C@@H]1CCCN(CC2CCN(S(=O)(=O)c3ccc(C#N)cc3)CC2)C1. The second kappa shape index (κ2) is 7.86. The molecular weight excluding hydrogens is 334 g/mol. The molecule has 2 saturated heterocycles. The van der Waals surface area contributed by atoms with Crippen molar-refractivity contribution in [3.8, 4) is 6.07 Å². The van der Waals surface area contributed by atoms with Crippen LogP contribution in [0, 0.1) is 23.2 Å². The third-order valence-corrected chi connectivity index (χ3v) is 7.37. The molecule has 25 heavy (non-hydrogen) atoms. The van der Waals surface area contributed by atoms with E-state index < -0.39 is 10.0 Å². The van der Waals surface area contributed by atoms with Crippen LogP contribution in [0.4, 0.5) is 0 Å². The minimum Gasteiger partial charge on any atom is -0.303 e. The minimum atomic E-state index is -3.44. The largest absolute Gasteiger partial charge is 0.303 e. The predicted molar refractivity (Wildman–Crippen MR) is 97.5 cm³/mol. The van der Waals surface area contributed by atoms with E-state index in [0.29, 0.717) is 24.6 Å². The van der Waals surface area contributed by atoms with Crippen molar-refractivity contribution >= 4 is 10.0 Å². The Morgan fingerprint density at radius 3 is 2.40 bits per heavy atom. The molecule has 5 nitrogen and oxygen atoms in total. The number of benzene rings is 1. The van der Waals surface area contributed by atoms with Crippen LogP contribution in [0.2, 0.25) is 0 Å². The maximum absolute atomic E-state index is 12.8. The van der Waals surface area contributed by atoms with Crippen LogP contribution in [0.3, 0.4) is 0 Å². The van der Waals surface area contributed by atoms with Crippen molar-refractivity contribution in [2.45, 2.75) is 37.5 Å². The highest BCUT2D eigenvalue weighted by Crippen LogP contribution is 2.26. The van der Waals surface area contributed by atoms with E-state index in [1.165, 1.54) is 38.1 Å². The highest BCUT2D eigenvalue weighted by molar-refractivity contribution is 7.89. The first-order valence-corrected chi connectivity index (χ1v) is 10.7. The van der Waals surface area contributed by atoms with E-state index in [-0.39, 0.29) is 4.90 Å². The molecule has 2 aliphatic rings. The summed E-state index contributed by atoms with van der Waals surface area (Å²) in [5.41, 5.74) is 0.480. The van der Waals surface area contributed by atoms with Gasteiger partial charge in [0, 0.05) is 26.2 Å². The number of piperidine rings is 2. The van der Waals surface area contributed by atoms with Crippen LogP contribution in [0.1, 0.15) is 38.2 Å². The van der Waals surface area contributed by atoms with Gasteiger partial charge in [0.2, 0.25) is 10.0 Å². The van der Waals surface area contributed by atoms with E-state index in [2.05, 4.69) is 11.8 Å². The third kappa shape index (κ3) is 4.41. The van der Waals surface area contributed by atoms with Crippen molar-refractivity contribution in [3.63, 3.8) is 0 Å². The van der Waals surface area contributed by atoms with Gasteiger partial charge in [-0.15, -0.1) is 0 Å². The summed E-state index contributed by atoms with van der Waals surface area (Å²) in [6.07, 6.45) is 4.48. The Labute approximate surface area is 151 Å². The lowest BCUT2D eigenvalue weighted by molar-refractivity contribution is 0.136. The molecule has 136 valence electrons. The zero-order valence-corrected chi connectivity index (χ0v) is 15.7. The van der Waals surface area contributed by atoms with E-state index in [4.69, 9.17) is 5.26 Å². The van der Waals surface area contributed by atoms with Gasteiger partial charge in [-0.25, -0.2) is 8.42 Å². The second-order valence-corrected chi connectivity index (χ2v) is 9.43. The average molecular weight is 362 g/mol. The lowest BCUT2D eigenvalue weighted by Gasteiger charge is -2.37. The molecule has 3 rings (SSSR count). The van der Waals surface area contributed by atoms with Crippen molar-refractivity contribution < 1.29 is 8.42 Å². The maximum Gasteiger partial charge on any atom is 0.243 e. The van der Waals surface area contributed by atoms with Crippen molar-refractivity contribution in [3.05, 3.63) is 29.8 Å². The third-order valence-electron chi connectivity index (χ3n) is 5.45. The van der Waals surface area contributed by atoms with E-state index in [1.807, 2.05) is 6.07 Å². The molecule has 1 atom stereocenters. The number of hydrogen-bond donors (Lipinski definition) is 0. The van der Waals surface area contributed by atoms with Crippen LogP contribution in [0.15, 0.2) is 29.2 Å². The topological polar surface area (TPSA) is 64.4 Å². The van der Waals surface area contributed by atoms with Gasteiger partial charge in [0.1, 0.15) is 0 Å². The van der Waals surface area contributed by atoms with Gasteiger partial charge in [0.25, 0.3) is 0 Å². The number of nitriles is 1. The molecule has 0 amide bonds. The molecule has 0 bridgehead atoms. The van der Waals surface area contributed by atoms with Gasteiger partial charge in [-0.3, -0.25) is 0 Å². The summed E-state index contributed by atoms with van der Waals surface area (Å²) >= 11 is 0. The van der Waals surface area contributed by atoms with Gasteiger partial charge in [-0.2, -0.15) is 9.57 Å². The van der Waals surface area contributed by atoms with Gasteiger partial charge >= 0.3 is 0 Å². The average Bonchev–Trinajstić information content (AvgIpc) is 2.62. The van der Waals surface area contributed by atoms with Crippen molar-refractivity contribution in [2.75, 3.05) is 32.7 Å². The van der Waals surface area contributed by atoms with E-state index in [9.17, 15) is 8.42 Å². The summed E-state index contributed by atoms with van der Waals surface area (Å²) in [6, 6.07) is 8.23. The van der Waals surface area contributed by atoms with Gasteiger partial charge in [0.05, 0.1) is 16.5 Å². The molecule has 0 radical (unpaired) electrons. The monoisotopic (exact) mass is 361 g/mol. The Kier molecular flexibility index (Phi) is 5.78. The van der Waals surface area contributed by atoms with Crippen molar-refractivity contribution in [1.29, 1.82) is 5.26 Å². The summed E-state index contributed by atoms with van der Waals surface area (Å²) in [5, 5.41) is 8.85. The molecule has 2 heterocycles. The van der Waals surface area contributed by atoms with Crippen LogP contribution in [-0.2, 0) is 10.0 Å². The van der Waals surface area contributed by atoms with Gasteiger partial charge in [-0.1, -0.05) is 6.92 Å². The Morgan fingerprint density at radius 2 is 1.80 bits per heavy atom. The first kappa shape index (κ1) is 18.4. The zero-order chi connectivity index (χ0) is 17.9. The number of hydrogen-bond acceptors (Lipinski definition) is 4. The number of nitrogens with zero attached hydrogens (tertiary/aromatic N) is 3. The summed E-state index contributed by atoms with van der Waals surface area (Å²) in [4.78, 5) is 2.85. The molecular formula is C19H27N3O2S. The molecule has 0 saturated carbocycles. The lowest BCUT2D eigenvalue weighted by atomic mass is 9.94.